The van der Waals surface area contributed by atoms with E-state index in [0.717, 1.165) is 29.9 Å². The second kappa shape index (κ2) is 29.2. The van der Waals surface area contributed by atoms with Crippen LogP contribution in [0.15, 0.2) is 143 Å². The van der Waals surface area contributed by atoms with E-state index in [0.29, 0.717) is 78.9 Å². The monoisotopic (exact) mass is 1010 g/mol. The third kappa shape index (κ3) is 17.3. The first-order chi connectivity index (χ1) is 35.8. The summed E-state index contributed by atoms with van der Waals surface area (Å²) in [4.78, 5) is 70.4. The Morgan fingerprint density at radius 1 is 0.676 bits per heavy atom. The maximum atomic E-state index is 12.5. The second-order valence-electron chi connectivity index (χ2n) is 16.5. The standard InChI is InChI=1S/C23H24N4O4.C15H18N2O4.C8H10N2O2.C8H7NO/c1-30-19-9-5-8-18(14-19)21-25-23(31-26-21)17-10-12-27(13-11-17)20(28)15-24-22(29)16-6-3-2-4-7-16;18-13(17-8-6-12(7-9-17)15(20)21)10-16-14(19)11-4-2-1-3-5-11;1-12-7-4-2-3-6(5-7)8(9)10-11;1-9-7-4-3-5-8(6-7)10-2/h2-9,14,17H,10-13,15H2,1H3,(H,24,29);1-5,12H,6-10H2,(H,16,19)(H,20,21);2-5,11H,1H3,(H2,9,10);3-6H,2H3. The van der Waals surface area contributed by atoms with Gasteiger partial charge in [0.15, 0.2) is 11.5 Å². The molecule has 6 N–H and O–H groups in total. The van der Waals surface area contributed by atoms with E-state index in [1.165, 1.54) is 0 Å². The summed E-state index contributed by atoms with van der Waals surface area (Å²) < 4.78 is 20.6. The van der Waals surface area contributed by atoms with Crippen molar-refractivity contribution < 1.29 is 53.0 Å². The van der Waals surface area contributed by atoms with Gasteiger partial charge in [0.05, 0.1) is 46.9 Å². The molecule has 5 aromatic carbocycles. The highest BCUT2D eigenvalue weighted by Crippen LogP contribution is 2.29. The zero-order valence-electron chi connectivity index (χ0n) is 41.3. The number of rotatable bonds is 13. The van der Waals surface area contributed by atoms with E-state index in [4.69, 9.17) is 41.4 Å². The summed E-state index contributed by atoms with van der Waals surface area (Å²) in [5.74, 6) is 1.45. The molecule has 0 aliphatic carbocycles. The molecule has 2 saturated heterocycles. The van der Waals surface area contributed by atoms with Crippen LogP contribution in [0.5, 0.6) is 17.2 Å². The van der Waals surface area contributed by atoms with Crippen LogP contribution in [0.1, 0.15) is 63.8 Å². The lowest BCUT2D eigenvalue weighted by Crippen LogP contribution is -2.45. The number of nitrogens with zero attached hydrogens (tertiary/aromatic N) is 6. The van der Waals surface area contributed by atoms with Crippen molar-refractivity contribution in [3.63, 3.8) is 0 Å². The number of carboxylic acids is 1. The van der Waals surface area contributed by atoms with E-state index >= 15 is 0 Å². The predicted molar refractivity (Wildman–Crippen MR) is 274 cm³/mol. The molecular formula is C54H59N9O11. The number of hydrogen-bond donors (Lipinski definition) is 5. The number of aromatic nitrogens is 2. The quantitative estimate of drug-likeness (QED) is 0.0267. The van der Waals surface area contributed by atoms with E-state index in [9.17, 15) is 24.0 Å². The minimum Gasteiger partial charge on any atom is -0.498 e. The van der Waals surface area contributed by atoms with Crippen molar-refractivity contribution >= 4 is 41.1 Å². The van der Waals surface area contributed by atoms with E-state index in [-0.39, 0.29) is 54.4 Å². The van der Waals surface area contributed by atoms with Gasteiger partial charge in [-0.25, -0.2) is 4.85 Å². The second-order valence-corrected chi connectivity index (χ2v) is 16.5. The van der Waals surface area contributed by atoms with Crippen LogP contribution in [0.3, 0.4) is 0 Å². The van der Waals surface area contributed by atoms with Crippen molar-refractivity contribution in [2.45, 2.75) is 31.6 Å². The number of carboxylic acid groups (broad SMARTS) is 1. The number of amidine groups is 1. The Morgan fingerprint density at radius 2 is 1.15 bits per heavy atom. The van der Waals surface area contributed by atoms with Gasteiger partial charge >= 0.3 is 5.97 Å². The van der Waals surface area contributed by atoms with Crippen molar-refractivity contribution in [1.29, 1.82) is 0 Å². The first-order valence-electron chi connectivity index (χ1n) is 23.4. The largest absolute Gasteiger partial charge is 0.498 e. The summed E-state index contributed by atoms with van der Waals surface area (Å²) >= 11 is 0. The van der Waals surface area contributed by atoms with E-state index in [1.54, 1.807) is 122 Å². The number of methoxy groups -OCH3 is 3. The van der Waals surface area contributed by atoms with Gasteiger partial charge in [0, 0.05) is 54.4 Å². The molecule has 1 aromatic heterocycles. The summed E-state index contributed by atoms with van der Waals surface area (Å²) in [5.41, 5.74) is 8.49. The summed E-state index contributed by atoms with van der Waals surface area (Å²) in [5, 5.41) is 29.5. The normalized spacial score (nSPS) is 13.4. The number of carbonyl (C=O) groups excluding carboxylic acids is 4. The molecule has 0 unspecified atom stereocenters. The molecule has 3 heterocycles. The Labute approximate surface area is 428 Å². The molecule has 0 bridgehead atoms. The number of aliphatic carboxylic acids is 1. The van der Waals surface area contributed by atoms with Gasteiger partial charge in [0.1, 0.15) is 17.2 Å². The van der Waals surface area contributed by atoms with E-state index in [1.807, 2.05) is 42.5 Å². The van der Waals surface area contributed by atoms with Gasteiger partial charge in [-0.2, -0.15) is 4.98 Å². The summed E-state index contributed by atoms with van der Waals surface area (Å²) in [6, 6.07) is 39.1. The Hall–Kier alpha value is -9.25. The van der Waals surface area contributed by atoms with Gasteiger partial charge < -0.3 is 55.2 Å². The molecule has 386 valence electrons. The fourth-order valence-electron chi connectivity index (χ4n) is 7.47. The molecule has 0 radical (unpaired) electrons. The summed E-state index contributed by atoms with van der Waals surface area (Å²) in [6.45, 7) is 8.63. The minimum absolute atomic E-state index is 0.0149. The molecule has 74 heavy (non-hydrogen) atoms. The van der Waals surface area contributed by atoms with Crippen LogP contribution in [-0.4, -0.2) is 126 Å². The van der Waals surface area contributed by atoms with E-state index in [2.05, 4.69) is 30.8 Å². The zero-order valence-corrected chi connectivity index (χ0v) is 41.3. The Kier molecular flexibility index (Phi) is 22.0. The highest BCUT2D eigenvalue weighted by atomic mass is 16.5. The number of hydrogen-bond acceptors (Lipinski definition) is 13. The number of piperidine rings is 2. The maximum Gasteiger partial charge on any atom is 0.306 e. The van der Waals surface area contributed by atoms with Gasteiger partial charge in [-0.15, -0.1) is 0 Å². The van der Waals surface area contributed by atoms with Crippen LogP contribution < -0.4 is 30.6 Å². The van der Waals surface area contributed by atoms with Crippen molar-refractivity contribution in [3.8, 4) is 28.6 Å². The molecule has 2 fully saturated rings. The SMILES string of the molecule is COc1cccc(-c2noc(C3CCN(C(=O)CNC(=O)c4ccccc4)CC3)n2)c1.COc1cccc(C(N)=NO)c1.O=C(NCC(=O)N1CCC(C(=O)O)CC1)c1ccccc1.[C-]#[N+]c1cccc(OC)c1. The number of ether oxygens (including phenoxy) is 3. The number of carbonyl (C=O) groups is 5. The zero-order chi connectivity index (χ0) is 53.2. The van der Waals surface area contributed by atoms with Crippen LogP contribution in [0.2, 0.25) is 0 Å². The van der Waals surface area contributed by atoms with Crippen molar-refractivity contribution in [2.24, 2.45) is 16.8 Å². The Bertz CT molecular complexity index is 2840. The lowest BCUT2D eigenvalue weighted by molar-refractivity contribution is -0.145. The van der Waals surface area contributed by atoms with Crippen molar-refractivity contribution in [1.82, 2.24) is 30.6 Å². The van der Waals surface area contributed by atoms with Gasteiger partial charge in [-0.05, 0) is 86.3 Å². The molecule has 20 nitrogen and oxygen atoms in total. The average molecular weight is 1010 g/mol. The molecule has 20 heteroatoms. The number of benzene rings is 5. The molecule has 0 spiro atoms. The molecule has 0 saturated carbocycles. The molecule has 2 aliphatic rings. The third-order valence-electron chi connectivity index (χ3n) is 11.7. The van der Waals surface area contributed by atoms with Crippen LogP contribution in [0, 0.1) is 12.5 Å². The number of oxime groups is 1. The average Bonchev–Trinajstić information content (AvgIpc) is 3.97. The molecule has 6 aromatic rings. The fraction of sp³-hybridized carbons (Fsp3) is 0.278. The predicted octanol–water partition coefficient (Wildman–Crippen LogP) is 6.66. The first-order valence-corrected chi connectivity index (χ1v) is 23.4. The molecular weight excluding hydrogens is 951 g/mol. The minimum atomic E-state index is -0.806. The molecule has 8 rings (SSSR count). The number of amides is 4. The highest BCUT2D eigenvalue weighted by molar-refractivity contribution is 5.98. The maximum absolute atomic E-state index is 12.5. The first kappa shape index (κ1) is 55.7. The van der Waals surface area contributed by atoms with Gasteiger partial charge in [-0.3, -0.25) is 24.0 Å². The van der Waals surface area contributed by atoms with E-state index < -0.39 is 5.97 Å². The lowest BCUT2D eigenvalue weighted by atomic mass is 9.96. The molecule has 2 aliphatic heterocycles. The topological polar surface area (TPSA) is 266 Å². The lowest BCUT2D eigenvalue weighted by Gasteiger charge is -2.30. The van der Waals surface area contributed by atoms with Crippen LogP contribution in [0.25, 0.3) is 16.2 Å². The summed E-state index contributed by atoms with van der Waals surface area (Å²) in [7, 11) is 4.76. The van der Waals surface area contributed by atoms with Crippen molar-refractivity contribution in [2.75, 3.05) is 60.6 Å². The van der Waals surface area contributed by atoms with Gasteiger partial charge in [-0.1, -0.05) is 83.1 Å². The van der Waals surface area contributed by atoms with Crippen LogP contribution in [-0.2, 0) is 14.4 Å². The summed E-state index contributed by atoms with van der Waals surface area (Å²) in [6.07, 6.45) is 2.40. The Morgan fingerprint density at radius 3 is 1.65 bits per heavy atom. The van der Waals surface area contributed by atoms with Crippen LogP contribution >= 0.6 is 0 Å². The molecule has 0 atom stereocenters. The number of nitrogens with one attached hydrogen (secondary N) is 2. The molecule has 4 amide bonds. The third-order valence-corrected chi connectivity index (χ3v) is 11.7. The number of likely N-dealkylation sites (tertiary alicyclic amines) is 2. The Balaban J connectivity index is 0.000000202. The van der Waals surface area contributed by atoms with Gasteiger partial charge in [0.2, 0.25) is 23.5 Å². The van der Waals surface area contributed by atoms with Gasteiger partial charge in [0.25, 0.3) is 11.8 Å². The van der Waals surface area contributed by atoms with Crippen LogP contribution in [0.4, 0.5) is 5.69 Å². The smallest absolute Gasteiger partial charge is 0.306 e. The fourth-order valence-corrected chi connectivity index (χ4v) is 7.47. The van der Waals surface area contributed by atoms with Crippen molar-refractivity contribution in [3.05, 3.63) is 167 Å². The highest BCUT2D eigenvalue weighted by Gasteiger charge is 2.29. The number of nitrogens with two attached hydrogens (primary N) is 1.